The van der Waals surface area contributed by atoms with Gasteiger partial charge in [0.25, 0.3) is 0 Å². The summed E-state index contributed by atoms with van der Waals surface area (Å²) in [7, 11) is 0. The van der Waals surface area contributed by atoms with Crippen LogP contribution in [0, 0.1) is 5.92 Å². The lowest BCUT2D eigenvalue weighted by atomic mass is 10.1. The van der Waals surface area contributed by atoms with Crippen LogP contribution in [0.15, 0.2) is 30.3 Å². The lowest BCUT2D eigenvalue weighted by molar-refractivity contribution is -0.133. The number of carbonyl (C=O) groups is 1. The number of nitrogens with one attached hydrogen (secondary N) is 1. The van der Waals surface area contributed by atoms with Crippen LogP contribution in [0.2, 0.25) is 0 Å². The van der Waals surface area contributed by atoms with E-state index in [2.05, 4.69) is 34.5 Å². The molecule has 1 amide bonds. The van der Waals surface area contributed by atoms with Crippen molar-refractivity contribution in [1.82, 2.24) is 10.2 Å². The SMILES string of the molecule is O=C(C1CC1c1ccccc1)N(CC1CCCN1)C1CC1. The van der Waals surface area contributed by atoms with Crippen molar-refractivity contribution >= 4 is 5.91 Å². The zero-order valence-electron chi connectivity index (χ0n) is 12.5. The zero-order chi connectivity index (χ0) is 14.2. The van der Waals surface area contributed by atoms with Crippen molar-refractivity contribution in [3.8, 4) is 0 Å². The predicted octanol–water partition coefficient (Wildman–Crippen LogP) is 2.53. The summed E-state index contributed by atoms with van der Waals surface area (Å²) in [5.74, 6) is 1.13. The summed E-state index contributed by atoms with van der Waals surface area (Å²) >= 11 is 0. The smallest absolute Gasteiger partial charge is 0.226 e. The second-order valence-corrected chi connectivity index (χ2v) is 6.87. The molecule has 1 aromatic carbocycles. The summed E-state index contributed by atoms with van der Waals surface area (Å²) in [4.78, 5) is 15.1. The Morgan fingerprint density at radius 1 is 1.19 bits per heavy atom. The lowest BCUT2D eigenvalue weighted by Gasteiger charge is -2.26. The molecule has 3 atom stereocenters. The molecule has 0 aromatic heterocycles. The second-order valence-electron chi connectivity index (χ2n) is 6.87. The molecule has 2 aliphatic carbocycles. The van der Waals surface area contributed by atoms with E-state index >= 15 is 0 Å². The van der Waals surface area contributed by atoms with E-state index in [1.165, 1.54) is 31.2 Å². The molecular formula is C18H24N2O. The van der Waals surface area contributed by atoms with E-state index in [0.29, 0.717) is 23.9 Å². The first-order valence-electron chi connectivity index (χ1n) is 8.42. The van der Waals surface area contributed by atoms with Crippen LogP contribution in [-0.2, 0) is 4.79 Å². The van der Waals surface area contributed by atoms with Crippen LogP contribution in [0.4, 0.5) is 0 Å². The highest BCUT2D eigenvalue weighted by molar-refractivity contribution is 5.83. The van der Waals surface area contributed by atoms with Gasteiger partial charge in [0, 0.05) is 24.5 Å². The summed E-state index contributed by atoms with van der Waals surface area (Å²) in [5, 5.41) is 3.53. The fraction of sp³-hybridized carbons (Fsp3) is 0.611. The van der Waals surface area contributed by atoms with Gasteiger partial charge in [-0.3, -0.25) is 4.79 Å². The quantitative estimate of drug-likeness (QED) is 0.901. The topological polar surface area (TPSA) is 32.3 Å². The number of nitrogens with zero attached hydrogens (tertiary/aromatic N) is 1. The van der Waals surface area contributed by atoms with Gasteiger partial charge in [0.1, 0.15) is 0 Å². The van der Waals surface area contributed by atoms with E-state index in [9.17, 15) is 4.79 Å². The first-order chi connectivity index (χ1) is 10.3. The fourth-order valence-electron chi connectivity index (χ4n) is 3.70. The molecule has 0 radical (unpaired) electrons. The van der Waals surface area contributed by atoms with Crippen molar-refractivity contribution in [3.63, 3.8) is 0 Å². The molecule has 21 heavy (non-hydrogen) atoms. The number of hydrogen-bond acceptors (Lipinski definition) is 2. The molecule has 1 N–H and O–H groups in total. The lowest BCUT2D eigenvalue weighted by Crippen LogP contribution is -2.43. The Balaban J connectivity index is 1.41. The minimum Gasteiger partial charge on any atom is -0.338 e. The monoisotopic (exact) mass is 284 g/mol. The van der Waals surface area contributed by atoms with Gasteiger partial charge in [0.05, 0.1) is 0 Å². The van der Waals surface area contributed by atoms with Crippen LogP contribution in [0.1, 0.15) is 43.6 Å². The maximum absolute atomic E-state index is 12.9. The van der Waals surface area contributed by atoms with Crippen LogP contribution in [0.25, 0.3) is 0 Å². The van der Waals surface area contributed by atoms with Crippen molar-refractivity contribution in [3.05, 3.63) is 35.9 Å². The maximum atomic E-state index is 12.9. The largest absolute Gasteiger partial charge is 0.338 e. The molecule has 4 rings (SSSR count). The molecule has 1 aromatic rings. The number of carbonyl (C=O) groups excluding carboxylic acids is 1. The van der Waals surface area contributed by atoms with E-state index in [0.717, 1.165) is 19.5 Å². The highest BCUT2D eigenvalue weighted by Gasteiger charge is 2.48. The molecule has 0 bridgehead atoms. The van der Waals surface area contributed by atoms with Crippen molar-refractivity contribution in [1.29, 1.82) is 0 Å². The highest BCUT2D eigenvalue weighted by atomic mass is 16.2. The third-order valence-corrected chi connectivity index (χ3v) is 5.19. The summed E-state index contributed by atoms with van der Waals surface area (Å²) in [6.07, 6.45) is 5.95. The van der Waals surface area contributed by atoms with Crippen LogP contribution in [0.3, 0.4) is 0 Å². The van der Waals surface area contributed by atoms with Gasteiger partial charge in [-0.15, -0.1) is 0 Å². The van der Waals surface area contributed by atoms with Gasteiger partial charge in [0.15, 0.2) is 0 Å². The molecule has 2 saturated carbocycles. The normalized spacial score (nSPS) is 31.1. The average molecular weight is 284 g/mol. The predicted molar refractivity (Wildman–Crippen MR) is 83.0 cm³/mol. The Kier molecular flexibility index (Phi) is 3.46. The summed E-state index contributed by atoms with van der Waals surface area (Å²) in [6, 6.07) is 11.6. The molecule has 3 unspecified atom stereocenters. The Hall–Kier alpha value is -1.35. The Bertz CT molecular complexity index is 505. The third-order valence-electron chi connectivity index (χ3n) is 5.19. The zero-order valence-corrected chi connectivity index (χ0v) is 12.5. The van der Waals surface area contributed by atoms with E-state index in [1.807, 2.05) is 6.07 Å². The van der Waals surface area contributed by atoms with E-state index in [4.69, 9.17) is 0 Å². The molecule has 0 spiro atoms. The maximum Gasteiger partial charge on any atom is 0.226 e. The van der Waals surface area contributed by atoms with Crippen molar-refractivity contribution in [2.75, 3.05) is 13.1 Å². The van der Waals surface area contributed by atoms with E-state index in [-0.39, 0.29) is 5.92 Å². The molecule has 3 aliphatic rings. The molecule has 1 saturated heterocycles. The van der Waals surface area contributed by atoms with E-state index in [1.54, 1.807) is 0 Å². The Labute approximate surface area is 126 Å². The standard InChI is InChI=1S/C18H24N2O/c21-18(17-11-16(17)13-5-2-1-3-6-13)20(15-8-9-15)12-14-7-4-10-19-14/h1-3,5-6,14-17,19H,4,7-12H2. The van der Waals surface area contributed by atoms with Crippen LogP contribution >= 0.6 is 0 Å². The number of rotatable bonds is 5. The molecular weight excluding hydrogens is 260 g/mol. The third kappa shape index (κ3) is 2.84. The Morgan fingerprint density at radius 2 is 2.00 bits per heavy atom. The minimum absolute atomic E-state index is 0.245. The van der Waals surface area contributed by atoms with Gasteiger partial charge >= 0.3 is 0 Å². The molecule has 1 heterocycles. The number of hydrogen-bond donors (Lipinski definition) is 1. The van der Waals surface area contributed by atoms with Gasteiger partial charge in [-0.2, -0.15) is 0 Å². The molecule has 112 valence electrons. The highest BCUT2D eigenvalue weighted by Crippen LogP contribution is 2.49. The number of benzene rings is 1. The summed E-state index contributed by atoms with van der Waals surface area (Å²) in [5.41, 5.74) is 1.34. The van der Waals surface area contributed by atoms with Gasteiger partial charge in [-0.1, -0.05) is 30.3 Å². The van der Waals surface area contributed by atoms with Crippen molar-refractivity contribution < 1.29 is 4.79 Å². The van der Waals surface area contributed by atoms with Crippen LogP contribution in [-0.4, -0.2) is 36.0 Å². The van der Waals surface area contributed by atoms with Gasteiger partial charge in [0.2, 0.25) is 5.91 Å². The molecule has 3 fully saturated rings. The van der Waals surface area contributed by atoms with Gasteiger partial charge in [-0.05, 0) is 50.1 Å². The van der Waals surface area contributed by atoms with Crippen molar-refractivity contribution in [2.24, 2.45) is 5.92 Å². The van der Waals surface area contributed by atoms with E-state index < -0.39 is 0 Å². The second kappa shape index (κ2) is 5.45. The molecule has 3 nitrogen and oxygen atoms in total. The van der Waals surface area contributed by atoms with Gasteiger partial charge in [-0.25, -0.2) is 0 Å². The first kappa shape index (κ1) is 13.3. The Morgan fingerprint density at radius 3 is 2.67 bits per heavy atom. The van der Waals surface area contributed by atoms with Gasteiger partial charge < -0.3 is 10.2 Å². The summed E-state index contributed by atoms with van der Waals surface area (Å²) in [6.45, 7) is 2.05. The first-order valence-corrected chi connectivity index (χ1v) is 8.42. The minimum atomic E-state index is 0.245. The fourth-order valence-corrected chi connectivity index (χ4v) is 3.70. The molecule has 3 heteroatoms. The number of amides is 1. The molecule has 1 aliphatic heterocycles. The van der Waals surface area contributed by atoms with Crippen LogP contribution < -0.4 is 5.32 Å². The average Bonchev–Trinajstić information content (AvgIpc) is 3.44. The summed E-state index contributed by atoms with van der Waals surface area (Å²) < 4.78 is 0. The van der Waals surface area contributed by atoms with Crippen LogP contribution in [0.5, 0.6) is 0 Å². The van der Waals surface area contributed by atoms with Crippen molar-refractivity contribution in [2.45, 2.75) is 50.1 Å².